The Hall–Kier alpha value is -3.05. The highest BCUT2D eigenvalue weighted by Gasteiger charge is 2.27. The minimum atomic E-state index is -3.60. The van der Waals surface area contributed by atoms with Gasteiger partial charge in [-0.2, -0.15) is 4.31 Å². The van der Waals surface area contributed by atoms with E-state index in [2.05, 4.69) is 4.98 Å². The number of aryl methyl sites for hydroxylation is 1. The normalized spacial score (nSPS) is 15.2. The van der Waals surface area contributed by atoms with Gasteiger partial charge in [0.25, 0.3) is 0 Å². The summed E-state index contributed by atoms with van der Waals surface area (Å²) in [6.45, 7) is 3.30. The lowest BCUT2D eigenvalue weighted by molar-refractivity contribution is -0.386. The zero-order valence-corrected chi connectivity index (χ0v) is 18.3. The molecule has 0 N–H and O–H groups in total. The van der Waals surface area contributed by atoms with Gasteiger partial charge in [-0.3, -0.25) is 10.1 Å². The van der Waals surface area contributed by atoms with Crippen LogP contribution < -0.4 is 4.74 Å². The van der Waals surface area contributed by atoms with Crippen molar-refractivity contribution in [3.8, 4) is 5.75 Å². The number of nitro groups is 1. The monoisotopic (exact) mass is 462 g/mol. The molecule has 170 valence electrons. The van der Waals surface area contributed by atoms with E-state index in [0.717, 1.165) is 43.0 Å². The Bertz CT molecular complexity index is 1270. The Morgan fingerprint density at radius 2 is 1.91 bits per heavy atom. The molecule has 32 heavy (non-hydrogen) atoms. The van der Waals surface area contributed by atoms with E-state index in [9.17, 15) is 22.9 Å². The molecule has 0 unspecified atom stereocenters. The van der Waals surface area contributed by atoms with Crippen LogP contribution >= 0.6 is 0 Å². The van der Waals surface area contributed by atoms with E-state index in [1.165, 1.54) is 4.31 Å². The number of fused-ring (bicyclic) bond motifs is 1. The average Bonchev–Trinajstić information content (AvgIpc) is 3.14. The number of piperidine rings is 1. The number of ether oxygens (including phenoxy) is 1. The van der Waals surface area contributed by atoms with Crippen LogP contribution in [0.1, 0.15) is 32.0 Å². The van der Waals surface area contributed by atoms with Crippen molar-refractivity contribution < 1.29 is 22.5 Å². The average molecular weight is 463 g/mol. The first kappa shape index (κ1) is 22.2. The standard InChI is InChI=1S/C21H23FN4O5S/c1-2-25-18-9-7-16(32(29,30)24-10-4-3-5-11-24)13-17(18)23-21(25)14-31-20-12-15(22)6-8-19(20)26(27)28/h6-9,12-13H,2-5,10-11,14H2,1H3. The molecule has 0 bridgehead atoms. The summed E-state index contributed by atoms with van der Waals surface area (Å²) in [7, 11) is -3.60. The van der Waals surface area contributed by atoms with Crippen LogP contribution in [-0.4, -0.2) is 40.3 Å². The molecule has 11 heteroatoms. The van der Waals surface area contributed by atoms with Crippen LogP contribution in [-0.2, 0) is 23.2 Å². The van der Waals surface area contributed by atoms with Crippen LogP contribution in [0.25, 0.3) is 11.0 Å². The summed E-state index contributed by atoms with van der Waals surface area (Å²) in [5.41, 5.74) is 0.857. The number of hydrogen-bond donors (Lipinski definition) is 0. The van der Waals surface area contributed by atoms with E-state index in [0.29, 0.717) is 31.0 Å². The van der Waals surface area contributed by atoms with E-state index in [1.807, 2.05) is 11.5 Å². The van der Waals surface area contributed by atoms with E-state index >= 15 is 0 Å². The third-order valence-corrected chi connectivity index (χ3v) is 7.44. The van der Waals surface area contributed by atoms with Crippen LogP contribution in [0.5, 0.6) is 5.75 Å². The quantitative estimate of drug-likeness (QED) is 0.390. The molecular formula is C21H23FN4O5S. The maximum atomic E-state index is 13.6. The molecule has 0 amide bonds. The second kappa shape index (κ2) is 8.83. The maximum absolute atomic E-state index is 13.6. The molecule has 2 heterocycles. The molecule has 1 fully saturated rings. The molecule has 1 aliphatic rings. The zero-order chi connectivity index (χ0) is 22.9. The van der Waals surface area contributed by atoms with Crippen molar-refractivity contribution in [2.24, 2.45) is 0 Å². The van der Waals surface area contributed by atoms with Crippen molar-refractivity contribution in [2.75, 3.05) is 13.1 Å². The van der Waals surface area contributed by atoms with E-state index in [4.69, 9.17) is 4.74 Å². The Morgan fingerprint density at radius 3 is 2.59 bits per heavy atom. The van der Waals surface area contributed by atoms with Crippen LogP contribution in [0.4, 0.5) is 10.1 Å². The highest BCUT2D eigenvalue weighted by Crippen LogP contribution is 2.29. The first-order valence-corrected chi connectivity index (χ1v) is 11.8. The van der Waals surface area contributed by atoms with Crippen molar-refractivity contribution in [3.05, 3.63) is 58.2 Å². The number of nitrogens with zero attached hydrogens (tertiary/aromatic N) is 4. The molecule has 0 spiro atoms. The predicted octanol–water partition coefficient (Wildman–Crippen LogP) is 3.86. The second-order valence-electron chi connectivity index (χ2n) is 7.55. The lowest BCUT2D eigenvalue weighted by atomic mass is 10.2. The Kier molecular flexibility index (Phi) is 6.11. The summed E-state index contributed by atoms with van der Waals surface area (Å²) in [5, 5.41) is 11.2. The van der Waals surface area contributed by atoms with Gasteiger partial charge in [0, 0.05) is 31.8 Å². The molecule has 9 nitrogen and oxygen atoms in total. The zero-order valence-electron chi connectivity index (χ0n) is 17.5. The molecule has 1 aromatic heterocycles. The van der Waals surface area contributed by atoms with Gasteiger partial charge < -0.3 is 9.30 Å². The molecule has 0 saturated carbocycles. The molecule has 0 aliphatic carbocycles. The van der Waals surface area contributed by atoms with Crippen LogP contribution in [0.3, 0.4) is 0 Å². The number of imidazole rings is 1. The second-order valence-corrected chi connectivity index (χ2v) is 9.48. The van der Waals surface area contributed by atoms with Gasteiger partial charge in [0.15, 0.2) is 5.75 Å². The predicted molar refractivity (Wildman–Crippen MR) is 115 cm³/mol. The number of halogens is 1. The first-order chi connectivity index (χ1) is 15.3. The van der Waals surface area contributed by atoms with Crippen molar-refractivity contribution in [2.45, 2.75) is 44.2 Å². The molecule has 2 aromatic carbocycles. The van der Waals surface area contributed by atoms with Crippen molar-refractivity contribution in [1.29, 1.82) is 0 Å². The molecule has 1 aliphatic heterocycles. The van der Waals surface area contributed by atoms with E-state index in [1.54, 1.807) is 18.2 Å². The lowest BCUT2D eigenvalue weighted by Gasteiger charge is -2.25. The third-order valence-electron chi connectivity index (χ3n) is 5.54. The molecule has 0 atom stereocenters. The van der Waals surface area contributed by atoms with Gasteiger partial charge in [-0.05, 0) is 44.0 Å². The Labute approximate surface area is 184 Å². The fourth-order valence-electron chi connectivity index (χ4n) is 3.93. The number of benzene rings is 2. The number of sulfonamides is 1. The molecular weight excluding hydrogens is 439 g/mol. The largest absolute Gasteiger partial charge is 0.479 e. The summed E-state index contributed by atoms with van der Waals surface area (Å²) in [6.07, 6.45) is 2.72. The topological polar surface area (TPSA) is 108 Å². The number of hydrogen-bond acceptors (Lipinski definition) is 6. The number of rotatable bonds is 7. The van der Waals surface area contributed by atoms with Crippen molar-refractivity contribution in [3.63, 3.8) is 0 Å². The summed E-state index contributed by atoms with van der Waals surface area (Å²) in [4.78, 5) is 15.2. The third kappa shape index (κ3) is 4.17. The molecule has 4 rings (SSSR count). The SMILES string of the molecule is CCn1c(COc2cc(F)ccc2[N+](=O)[O-])nc2cc(S(=O)(=O)N3CCCCC3)ccc21. The van der Waals surface area contributed by atoms with Gasteiger partial charge in [0.1, 0.15) is 18.2 Å². The molecule has 0 radical (unpaired) electrons. The van der Waals surface area contributed by atoms with Crippen LogP contribution in [0.15, 0.2) is 41.3 Å². The maximum Gasteiger partial charge on any atom is 0.311 e. The Morgan fingerprint density at radius 1 is 1.16 bits per heavy atom. The first-order valence-electron chi connectivity index (χ1n) is 10.4. The fraction of sp³-hybridized carbons (Fsp3) is 0.381. The van der Waals surface area contributed by atoms with Crippen LogP contribution in [0, 0.1) is 15.9 Å². The van der Waals surface area contributed by atoms with Crippen molar-refractivity contribution >= 4 is 26.7 Å². The van der Waals surface area contributed by atoms with Crippen molar-refractivity contribution in [1.82, 2.24) is 13.9 Å². The van der Waals surface area contributed by atoms with Crippen LogP contribution in [0.2, 0.25) is 0 Å². The number of nitro benzene ring substituents is 1. The smallest absolute Gasteiger partial charge is 0.311 e. The Balaban J connectivity index is 1.65. The lowest BCUT2D eigenvalue weighted by Crippen LogP contribution is -2.35. The fourth-order valence-corrected chi connectivity index (χ4v) is 5.47. The summed E-state index contributed by atoms with van der Waals surface area (Å²) >= 11 is 0. The summed E-state index contributed by atoms with van der Waals surface area (Å²) in [6, 6.07) is 7.82. The van der Waals surface area contributed by atoms with Gasteiger partial charge in [-0.1, -0.05) is 6.42 Å². The van der Waals surface area contributed by atoms with Gasteiger partial charge in [0.2, 0.25) is 10.0 Å². The number of aromatic nitrogens is 2. The van der Waals surface area contributed by atoms with Gasteiger partial charge >= 0.3 is 5.69 Å². The minimum Gasteiger partial charge on any atom is -0.479 e. The van der Waals surface area contributed by atoms with Gasteiger partial charge in [0.05, 0.1) is 20.9 Å². The summed E-state index contributed by atoms with van der Waals surface area (Å²) in [5.74, 6) is -0.395. The molecule has 1 saturated heterocycles. The van der Waals surface area contributed by atoms with Gasteiger partial charge in [-0.15, -0.1) is 0 Å². The summed E-state index contributed by atoms with van der Waals surface area (Å²) < 4.78 is 48.5. The van der Waals surface area contributed by atoms with E-state index < -0.39 is 20.8 Å². The minimum absolute atomic E-state index is 0.138. The molecule has 3 aromatic rings. The van der Waals surface area contributed by atoms with Gasteiger partial charge in [-0.25, -0.2) is 17.8 Å². The highest BCUT2D eigenvalue weighted by molar-refractivity contribution is 7.89. The highest BCUT2D eigenvalue weighted by atomic mass is 32.2. The van der Waals surface area contributed by atoms with E-state index in [-0.39, 0.29) is 22.9 Å².